The number of thioether (sulfide) groups is 1. The van der Waals surface area contributed by atoms with Crippen molar-refractivity contribution in [3.8, 4) is 0 Å². The van der Waals surface area contributed by atoms with E-state index in [1.165, 1.54) is 22.4 Å². The first-order chi connectivity index (χ1) is 15.3. The molecule has 1 heterocycles. The minimum atomic E-state index is -0.338. The highest BCUT2D eigenvalue weighted by Gasteiger charge is 2.16. The molecule has 0 saturated heterocycles. The summed E-state index contributed by atoms with van der Waals surface area (Å²) in [5.74, 6) is -0.227. The second kappa shape index (κ2) is 12.7. The lowest BCUT2D eigenvalue weighted by atomic mass is 10.0. The monoisotopic (exact) mass is 462 g/mol. The van der Waals surface area contributed by atoms with Crippen molar-refractivity contribution in [1.29, 1.82) is 0 Å². The third-order valence-corrected chi connectivity index (χ3v) is 6.65. The second-order valence-electron chi connectivity index (χ2n) is 8.02. The third kappa shape index (κ3) is 7.45. The molecule has 0 aliphatic rings. The number of hydrogen-bond donors (Lipinski definition) is 1. The molecule has 6 nitrogen and oxygen atoms in total. The molecule has 1 aromatic heterocycles. The minimum absolute atomic E-state index is 0.0762. The number of benzene rings is 1. The predicted molar refractivity (Wildman–Crippen MR) is 129 cm³/mol. The van der Waals surface area contributed by atoms with Crippen LogP contribution in [0.2, 0.25) is 0 Å². The Morgan fingerprint density at radius 3 is 2.62 bits per heavy atom. The fourth-order valence-electron chi connectivity index (χ4n) is 3.57. The summed E-state index contributed by atoms with van der Waals surface area (Å²) in [5, 5.41) is 3.50. The summed E-state index contributed by atoms with van der Waals surface area (Å²) < 4.78 is 15.4. The molecule has 2 aromatic rings. The van der Waals surface area contributed by atoms with E-state index in [1.54, 1.807) is 32.2 Å². The zero-order valence-electron chi connectivity index (χ0n) is 19.8. The summed E-state index contributed by atoms with van der Waals surface area (Å²) in [5.41, 5.74) is 1.27. The maximum Gasteiger partial charge on any atom is 0.257 e. The van der Waals surface area contributed by atoms with Crippen molar-refractivity contribution in [1.82, 2.24) is 19.8 Å². The van der Waals surface area contributed by atoms with Crippen LogP contribution in [0.3, 0.4) is 0 Å². The number of hydrogen-bond acceptors (Lipinski definition) is 5. The molecule has 0 aliphatic carbocycles. The Morgan fingerprint density at radius 2 is 1.97 bits per heavy atom. The highest BCUT2D eigenvalue weighted by Crippen LogP contribution is 2.17. The van der Waals surface area contributed by atoms with E-state index >= 15 is 0 Å². The van der Waals surface area contributed by atoms with Crippen LogP contribution in [0.1, 0.15) is 50.4 Å². The normalized spacial score (nSPS) is 12.2. The van der Waals surface area contributed by atoms with E-state index in [0.717, 1.165) is 32.5 Å². The number of nitrogens with one attached hydrogen (secondary N) is 1. The van der Waals surface area contributed by atoms with Crippen molar-refractivity contribution >= 4 is 17.7 Å². The van der Waals surface area contributed by atoms with Gasteiger partial charge in [-0.25, -0.2) is 9.37 Å². The SMILES string of the molecule is CCN(CC)CCCC(C)NC(=O)CSc1nc(C)c(Cc2ccccc2F)c(=O)n1C. The molecule has 1 aromatic carbocycles. The van der Waals surface area contributed by atoms with Crippen LogP contribution in [0.15, 0.2) is 34.2 Å². The van der Waals surface area contributed by atoms with Gasteiger partial charge in [0.1, 0.15) is 5.82 Å². The molecule has 8 heteroatoms. The Bertz CT molecular complexity index is 960. The number of amides is 1. The molecule has 176 valence electrons. The molecule has 0 radical (unpaired) electrons. The van der Waals surface area contributed by atoms with Gasteiger partial charge in [0.25, 0.3) is 5.56 Å². The van der Waals surface area contributed by atoms with Crippen molar-refractivity contribution in [2.75, 3.05) is 25.4 Å². The van der Waals surface area contributed by atoms with Crippen molar-refractivity contribution in [2.45, 2.75) is 58.2 Å². The molecule has 0 aliphatic heterocycles. The largest absolute Gasteiger partial charge is 0.353 e. The van der Waals surface area contributed by atoms with Crippen LogP contribution in [0, 0.1) is 12.7 Å². The molecule has 1 unspecified atom stereocenters. The van der Waals surface area contributed by atoms with Gasteiger partial charge in [-0.05, 0) is 58.0 Å². The average Bonchev–Trinajstić information content (AvgIpc) is 2.77. The third-order valence-electron chi connectivity index (χ3n) is 5.62. The Morgan fingerprint density at radius 1 is 1.28 bits per heavy atom. The zero-order chi connectivity index (χ0) is 23.7. The van der Waals surface area contributed by atoms with Gasteiger partial charge in [0.15, 0.2) is 5.16 Å². The Hall–Kier alpha value is -2.19. The van der Waals surface area contributed by atoms with E-state index < -0.39 is 0 Å². The van der Waals surface area contributed by atoms with Gasteiger partial charge in [0, 0.05) is 30.8 Å². The molecule has 0 bridgehead atoms. The van der Waals surface area contributed by atoms with Gasteiger partial charge in [-0.1, -0.05) is 43.8 Å². The maximum absolute atomic E-state index is 14.0. The molecule has 0 fully saturated rings. The van der Waals surface area contributed by atoms with Crippen molar-refractivity contribution in [2.24, 2.45) is 7.05 Å². The van der Waals surface area contributed by atoms with E-state index in [4.69, 9.17) is 0 Å². The summed E-state index contributed by atoms with van der Waals surface area (Å²) in [6.07, 6.45) is 2.15. The first kappa shape index (κ1) is 26.1. The first-order valence-corrected chi connectivity index (χ1v) is 12.2. The van der Waals surface area contributed by atoms with Crippen LogP contribution in [0.25, 0.3) is 0 Å². The second-order valence-corrected chi connectivity index (χ2v) is 8.96. The van der Waals surface area contributed by atoms with Crippen molar-refractivity contribution in [3.63, 3.8) is 0 Å². The number of carbonyl (C=O) groups is 1. The summed E-state index contributed by atoms with van der Waals surface area (Å²) in [6.45, 7) is 11.2. The van der Waals surface area contributed by atoms with Gasteiger partial charge in [-0.2, -0.15) is 0 Å². The number of carbonyl (C=O) groups excluding carboxylic acids is 1. The summed E-state index contributed by atoms with van der Waals surface area (Å²) >= 11 is 1.24. The molecule has 0 spiro atoms. The van der Waals surface area contributed by atoms with Crippen LogP contribution in [-0.4, -0.2) is 51.8 Å². The van der Waals surface area contributed by atoms with Gasteiger partial charge < -0.3 is 10.2 Å². The fraction of sp³-hybridized carbons (Fsp3) is 0.542. The molecule has 32 heavy (non-hydrogen) atoms. The van der Waals surface area contributed by atoms with Crippen LogP contribution in [-0.2, 0) is 18.3 Å². The Kier molecular flexibility index (Phi) is 10.4. The average molecular weight is 463 g/mol. The highest BCUT2D eigenvalue weighted by molar-refractivity contribution is 7.99. The molecule has 1 atom stereocenters. The number of aryl methyl sites for hydroxylation is 1. The fourth-order valence-corrected chi connectivity index (χ4v) is 4.40. The van der Waals surface area contributed by atoms with E-state index in [1.807, 2.05) is 6.92 Å². The van der Waals surface area contributed by atoms with Crippen LogP contribution in [0.5, 0.6) is 0 Å². The lowest BCUT2D eigenvalue weighted by molar-refractivity contribution is -0.119. The van der Waals surface area contributed by atoms with Crippen LogP contribution >= 0.6 is 11.8 Å². The summed E-state index contributed by atoms with van der Waals surface area (Å²) in [4.78, 5) is 32.1. The van der Waals surface area contributed by atoms with E-state index in [0.29, 0.717) is 22.0 Å². The lowest BCUT2D eigenvalue weighted by Crippen LogP contribution is -2.35. The van der Waals surface area contributed by atoms with Gasteiger partial charge in [0.2, 0.25) is 5.91 Å². The molecule has 1 N–H and O–H groups in total. The predicted octanol–water partition coefficient (Wildman–Crippen LogP) is 3.54. The summed E-state index contributed by atoms with van der Waals surface area (Å²) in [6, 6.07) is 6.53. The van der Waals surface area contributed by atoms with Gasteiger partial charge in [-0.3, -0.25) is 14.2 Å². The molecular weight excluding hydrogens is 427 g/mol. The smallest absolute Gasteiger partial charge is 0.257 e. The minimum Gasteiger partial charge on any atom is -0.353 e. The van der Waals surface area contributed by atoms with Gasteiger partial charge in [0.05, 0.1) is 5.75 Å². The number of nitrogens with zero attached hydrogens (tertiary/aromatic N) is 3. The topological polar surface area (TPSA) is 67.2 Å². The van der Waals surface area contributed by atoms with Crippen molar-refractivity contribution in [3.05, 3.63) is 57.3 Å². The highest BCUT2D eigenvalue weighted by atomic mass is 32.2. The van der Waals surface area contributed by atoms with Crippen LogP contribution in [0.4, 0.5) is 4.39 Å². The Labute approximate surface area is 194 Å². The van der Waals surface area contributed by atoms with E-state index in [-0.39, 0.29) is 35.5 Å². The molecule has 2 rings (SSSR count). The molecule has 1 amide bonds. The number of halogens is 1. The summed E-state index contributed by atoms with van der Waals surface area (Å²) in [7, 11) is 1.63. The molecular formula is C24H35FN4O2S. The van der Waals surface area contributed by atoms with Gasteiger partial charge in [-0.15, -0.1) is 0 Å². The van der Waals surface area contributed by atoms with E-state index in [2.05, 4.69) is 29.0 Å². The quantitative estimate of drug-likeness (QED) is 0.386. The van der Waals surface area contributed by atoms with E-state index in [9.17, 15) is 14.0 Å². The Balaban J connectivity index is 1.93. The number of aromatic nitrogens is 2. The standard InChI is InChI=1S/C24H35FN4O2S/c1-6-29(7-2)14-10-11-17(3)26-22(30)16-32-24-27-18(4)20(23(31)28(24)5)15-19-12-8-9-13-21(19)25/h8-9,12-13,17H,6-7,10-11,14-16H2,1-5H3,(H,26,30). The first-order valence-electron chi connectivity index (χ1n) is 11.2. The number of rotatable bonds is 12. The zero-order valence-corrected chi connectivity index (χ0v) is 20.6. The van der Waals surface area contributed by atoms with Crippen molar-refractivity contribution < 1.29 is 9.18 Å². The lowest BCUT2D eigenvalue weighted by Gasteiger charge is -2.19. The van der Waals surface area contributed by atoms with Crippen LogP contribution < -0.4 is 10.9 Å². The maximum atomic E-state index is 14.0. The molecule has 0 saturated carbocycles. The van der Waals surface area contributed by atoms with Gasteiger partial charge >= 0.3 is 0 Å².